The van der Waals surface area contributed by atoms with E-state index in [1.54, 1.807) is 18.9 Å². The number of methoxy groups -OCH3 is 2. The third-order valence-corrected chi connectivity index (χ3v) is 4.62. The Bertz CT molecular complexity index is 856. The highest BCUT2D eigenvalue weighted by molar-refractivity contribution is 9.11. The third kappa shape index (κ3) is 2.86. The van der Waals surface area contributed by atoms with Gasteiger partial charge in [-0.25, -0.2) is 14.6 Å². The molecule has 2 aromatic heterocycles. The van der Waals surface area contributed by atoms with Crippen LogP contribution in [0.1, 0.15) is 0 Å². The molecule has 0 fully saturated rings. The zero-order valence-corrected chi connectivity index (χ0v) is 15.8. The fraction of sp³-hybridized carbons (Fsp3) is 0.214. The predicted octanol–water partition coefficient (Wildman–Crippen LogP) is 3.65. The van der Waals surface area contributed by atoms with Crippen molar-refractivity contribution in [2.24, 2.45) is 7.05 Å². The number of rotatable bonds is 4. The van der Waals surface area contributed by atoms with Crippen LogP contribution in [0, 0.1) is 0 Å². The fourth-order valence-electron chi connectivity index (χ4n) is 2.21. The number of aryl methyl sites for hydroxylation is 1. The summed E-state index contributed by atoms with van der Waals surface area (Å²) in [6.45, 7) is 0. The second kappa shape index (κ2) is 6.32. The van der Waals surface area contributed by atoms with Crippen molar-refractivity contribution in [3.05, 3.63) is 27.5 Å². The minimum Gasteiger partial charge on any atom is -0.495 e. The maximum Gasteiger partial charge on any atom is 0.164 e. The zero-order chi connectivity index (χ0) is 16.6. The van der Waals surface area contributed by atoms with E-state index in [0.717, 1.165) is 21.2 Å². The van der Waals surface area contributed by atoms with Gasteiger partial charge in [0.2, 0.25) is 0 Å². The predicted molar refractivity (Wildman–Crippen MR) is 94.5 cm³/mol. The Hall–Kier alpha value is -1.87. The molecule has 0 atom stereocenters. The van der Waals surface area contributed by atoms with Gasteiger partial charge in [0.15, 0.2) is 5.65 Å². The van der Waals surface area contributed by atoms with E-state index in [0.29, 0.717) is 21.9 Å². The van der Waals surface area contributed by atoms with Gasteiger partial charge in [-0.2, -0.15) is 5.10 Å². The first-order valence-corrected chi connectivity index (χ1v) is 8.15. The van der Waals surface area contributed by atoms with Crippen molar-refractivity contribution < 1.29 is 9.47 Å². The Morgan fingerprint density at radius 3 is 2.35 bits per heavy atom. The molecule has 0 spiro atoms. The van der Waals surface area contributed by atoms with Crippen molar-refractivity contribution in [2.45, 2.75) is 0 Å². The first-order valence-electron chi connectivity index (χ1n) is 6.57. The van der Waals surface area contributed by atoms with E-state index in [2.05, 4.69) is 52.2 Å². The van der Waals surface area contributed by atoms with Gasteiger partial charge < -0.3 is 14.8 Å². The number of nitrogens with zero attached hydrogens (tertiary/aromatic N) is 4. The van der Waals surface area contributed by atoms with Crippen LogP contribution in [0.5, 0.6) is 11.5 Å². The summed E-state index contributed by atoms with van der Waals surface area (Å²) >= 11 is 6.89. The number of ether oxygens (including phenoxy) is 2. The molecule has 0 amide bonds. The van der Waals surface area contributed by atoms with Crippen molar-refractivity contribution >= 4 is 54.4 Å². The summed E-state index contributed by atoms with van der Waals surface area (Å²) in [6, 6.07) is 3.70. The lowest BCUT2D eigenvalue weighted by atomic mass is 10.2. The number of hydrogen-bond acceptors (Lipinski definition) is 6. The van der Waals surface area contributed by atoms with Crippen molar-refractivity contribution in [3.8, 4) is 11.5 Å². The smallest absolute Gasteiger partial charge is 0.164 e. The summed E-state index contributed by atoms with van der Waals surface area (Å²) in [5.74, 6) is 1.95. The molecule has 7 nitrogen and oxygen atoms in total. The molecule has 1 N–H and O–H groups in total. The summed E-state index contributed by atoms with van der Waals surface area (Å²) in [6.07, 6.45) is 1.49. The van der Waals surface area contributed by atoms with Crippen molar-refractivity contribution in [1.82, 2.24) is 19.7 Å². The largest absolute Gasteiger partial charge is 0.495 e. The lowest BCUT2D eigenvalue weighted by Crippen LogP contribution is -1.99. The maximum absolute atomic E-state index is 5.36. The molecular weight excluding hydrogens is 430 g/mol. The van der Waals surface area contributed by atoms with E-state index < -0.39 is 0 Å². The van der Waals surface area contributed by atoms with Crippen LogP contribution < -0.4 is 14.8 Å². The van der Waals surface area contributed by atoms with Crippen LogP contribution in [0.3, 0.4) is 0 Å². The highest BCUT2D eigenvalue weighted by atomic mass is 79.9. The average molecular weight is 443 g/mol. The van der Waals surface area contributed by atoms with E-state index in [1.807, 2.05) is 19.2 Å². The monoisotopic (exact) mass is 441 g/mol. The molecule has 0 aliphatic heterocycles. The summed E-state index contributed by atoms with van der Waals surface area (Å²) in [5.41, 5.74) is 1.50. The van der Waals surface area contributed by atoms with E-state index in [1.165, 1.54) is 6.33 Å². The Morgan fingerprint density at radius 1 is 1.09 bits per heavy atom. The second-order valence-corrected chi connectivity index (χ2v) is 6.20. The molecule has 3 rings (SSSR count). The van der Waals surface area contributed by atoms with Crippen LogP contribution in [0.15, 0.2) is 27.5 Å². The van der Waals surface area contributed by atoms with Crippen LogP contribution in [0.25, 0.3) is 11.0 Å². The Morgan fingerprint density at radius 2 is 1.74 bits per heavy atom. The van der Waals surface area contributed by atoms with Crippen molar-refractivity contribution in [2.75, 3.05) is 19.5 Å². The highest BCUT2D eigenvalue weighted by Crippen LogP contribution is 2.39. The van der Waals surface area contributed by atoms with Crippen LogP contribution in [-0.4, -0.2) is 34.0 Å². The summed E-state index contributed by atoms with van der Waals surface area (Å²) in [4.78, 5) is 8.56. The van der Waals surface area contributed by atoms with Crippen LogP contribution in [0.2, 0.25) is 0 Å². The number of aromatic nitrogens is 4. The summed E-state index contributed by atoms with van der Waals surface area (Å²) in [5, 5.41) is 8.37. The minimum absolute atomic E-state index is 0.640. The van der Waals surface area contributed by atoms with Gasteiger partial charge in [0.25, 0.3) is 0 Å². The Balaban J connectivity index is 2.09. The molecule has 2 heterocycles. The Kier molecular flexibility index (Phi) is 4.40. The molecule has 0 saturated heterocycles. The molecule has 23 heavy (non-hydrogen) atoms. The molecule has 0 saturated carbocycles. The van der Waals surface area contributed by atoms with E-state index in [-0.39, 0.29) is 0 Å². The number of halogens is 2. The van der Waals surface area contributed by atoms with E-state index in [4.69, 9.17) is 9.47 Å². The molecule has 9 heteroatoms. The van der Waals surface area contributed by atoms with Gasteiger partial charge in [-0.15, -0.1) is 0 Å². The lowest BCUT2D eigenvalue weighted by Gasteiger charge is -2.13. The first-order chi connectivity index (χ1) is 11.0. The van der Waals surface area contributed by atoms with Gasteiger partial charge in [0.05, 0.1) is 19.6 Å². The molecule has 0 aliphatic rings. The molecule has 0 bridgehead atoms. The Labute approximate surface area is 149 Å². The van der Waals surface area contributed by atoms with Crippen LogP contribution in [-0.2, 0) is 7.05 Å². The lowest BCUT2D eigenvalue weighted by molar-refractivity contribution is 0.390. The zero-order valence-electron chi connectivity index (χ0n) is 12.6. The van der Waals surface area contributed by atoms with Crippen LogP contribution >= 0.6 is 31.9 Å². The molecule has 3 aromatic rings. The van der Waals surface area contributed by atoms with E-state index >= 15 is 0 Å². The van der Waals surface area contributed by atoms with Gasteiger partial charge in [-0.05, 0) is 31.9 Å². The maximum atomic E-state index is 5.36. The van der Waals surface area contributed by atoms with Crippen molar-refractivity contribution in [1.29, 1.82) is 0 Å². The van der Waals surface area contributed by atoms with Gasteiger partial charge in [-0.3, -0.25) is 0 Å². The SMILES string of the molecule is COc1cc(Nc2ncnc3c2c(Br)nn3C)cc(OC)c1Br. The number of anilines is 2. The highest BCUT2D eigenvalue weighted by Gasteiger charge is 2.15. The number of benzene rings is 1. The van der Waals surface area contributed by atoms with E-state index in [9.17, 15) is 0 Å². The topological polar surface area (TPSA) is 74.1 Å². The molecule has 0 aliphatic carbocycles. The number of hydrogen-bond donors (Lipinski definition) is 1. The van der Waals surface area contributed by atoms with Crippen molar-refractivity contribution in [3.63, 3.8) is 0 Å². The summed E-state index contributed by atoms with van der Waals surface area (Å²) in [7, 11) is 5.03. The third-order valence-electron chi connectivity index (χ3n) is 3.29. The molecule has 120 valence electrons. The molecular formula is C14H13Br2N5O2. The number of fused-ring (bicyclic) bond motifs is 1. The van der Waals surface area contributed by atoms with Gasteiger partial charge in [0.1, 0.15) is 32.7 Å². The molecule has 0 unspecified atom stereocenters. The quantitative estimate of drug-likeness (QED) is 0.664. The molecule has 0 radical (unpaired) electrons. The van der Waals surface area contributed by atoms with Gasteiger partial charge >= 0.3 is 0 Å². The number of nitrogens with one attached hydrogen (secondary N) is 1. The average Bonchev–Trinajstić information content (AvgIpc) is 2.84. The molecule has 1 aromatic carbocycles. The normalized spacial score (nSPS) is 10.8. The standard InChI is InChI=1S/C14H13Br2N5O2/c1-21-14-10(12(16)20-21)13(17-6-18-14)19-7-4-8(22-2)11(15)9(5-7)23-3/h4-6H,1-3H3,(H,17,18,19). The van der Waals surface area contributed by atoms with Gasteiger partial charge in [0, 0.05) is 24.9 Å². The fourth-order valence-corrected chi connectivity index (χ4v) is 3.37. The second-order valence-electron chi connectivity index (χ2n) is 4.66. The first kappa shape index (κ1) is 16.0. The van der Waals surface area contributed by atoms with Gasteiger partial charge in [-0.1, -0.05) is 0 Å². The summed E-state index contributed by atoms with van der Waals surface area (Å²) < 4.78 is 13.8. The van der Waals surface area contributed by atoms with Crippen LogP contribution in [0.4, 0.5) is 11.5 Å². The minimum atomic E-state index is 0.640.